The van der Waals surface area contributed by atoms with E-state index in [0.29, 0.717) is 32.7 Å². The Balaban J connectivity index is 1.57. The zero-order chi connectivity index (χ0) is 21.8. The number of carbonyl (C=O) groups excluding carboxylic acids is 1. The second kappa shape index (κ2) is 9.01. The highest BCUT2D eigenvalue weighted by molar-refractivity contribution is 5.77. The fourth-order valence-corrected chi connectivity index (χ4v) is 3.48. The number of carbonyl (C=O) groups is 1. The largest absolute Gasteiger partial charge is 0.425 e. The molecule has 162 valence electrons. The number of nitrogens with zero attached hydrogens (tertiary/aromatic N) is 4. The van der Waals surface area contributed by atoms with Crippen molar-refractivity contribution in [1.82, 2.24) is 19.4 Å². The number of rotatable bonds is 6. The highest BCUT2D eigenvalue weighted by atomic mass is 19.4. The van der Waals surface area contributed by atoms with Gasteiger partial charge in [0.2, 0.25) is 11.5 Å². The number of benzene rings is 1. The number of aromatic nitrogens is 2. The van der Waals surface area contributed by atoms with Crippen LogP contribution in [0.2, 0.25) is 0 Å². The second-order valence-electron chi connectivity index (χ2n) is 7.39. The molecule has 9 heteroatoms. The fraction of sp³-hybridized carbons (Fsp3) is 0.429. The highest BCUT2D eigenvalue weighted by Crippen LogP contribution is 2.41. The van der Waals surface area contributed by atoms with Gasteiger partial charge < -0.3 is 14.6 Å². The van der Waals surface area contributed by atoms with Crippen molar-refractivity contribution in [3.05, 3.63) is 60.2 Å². The lowest BCUT2D eigenvalue weighted by atomic mass is 9.96. The molecule has 0 radical (unpaired) electrons. The number of aliphatic hydroxyl groups is 1. The maximum atomic E-state index is 13.6. The number of amides is 1. The molecule has 1 atom stereocenters. The van der Waals surface area contributed by atoms with Gasteiger partial charge in [-0.05, 0) is 5.56 Å². The predicted octanol–water partition coefficient (Wildman–Crippen LogP) is 2.42. The van der Waals surface area contributed by atoms with Crippen LogP contribution in [0.5, 0.6) is 0 Å². The van der Waals surface area contributed by atoms with Crippen LogP contribution in [0.25, 0.3) is 6.08 Å². The van der Waals surface area contributed by atoms with Gasteiger partial charge in [0.05, 0.1) is 6.42 Å². The molecule has 30 heavy (non-hydrogen) atoms. The zero-order valence-electron chi connectivity index (χ0n) is 16.7. The fourth-order valence-electron chi connectivity index (χ4n) is 3.48. The molecule has 0 aliphatic carbocycles. The summed E-state index contributed by atoms with van der Waals surface area (Å²) in [5, 5.41) is 10.4. The first-order chi connectivity index (χ1) is 14.2. The van der Waals surface area contributed by atoms with Crippen molar-refractivity contribution in [2.24, 2.45) is 7.05 Å². The number of hydrogen-bond donors (Lipinski definition) is 1. The van der Waals surface area contributed by atoms with Gasteiger partial charge in [-0.15, -0.1) is 0 Å². The van der Waals surface area contributed by atoms with Gasteiger partial charge in [0.25, 0.3) is 0 Å². The van der Waals surface area contributed by atoms with Gasteiger partial charge in [0.15, 0.2) is 5.82 Å². The molecule has 2 heterocycles. The van der Waals surface area contributed by atoms with Gasteiger partial charge in [-0.1, -0.05) is 42.5 Å². The second-order valence-corrected chi connectivity index (χ2v) is 7.39. The lowest BCUT2D eigenvalue weighted by Gasteiger charge is -2.36. The van der Waals surface area contributed by atoms with Gasteiger partial charge in [0.1, 0.15) is 0 Å². The summed E-state index contributed by atoms with van der Waals surface area (Å²) in [6, 6.07) is 9.85. The Kier molecular flexibility index (Phi) is 6.62. The lowest BCUT2D eigenvalue weighted by Crippen LogP contribution is -2.52. The molecule has 1 saturated heterocycles. The smallest absolute Gasteiger partial charge is 0.374 e. The lowest BCUT2D eigenvalue weighted by molar-refractivity contribution is -0.272. The minimum atomic E-state index is -5.02. The molecule has 0 bridgehead atoms. The Bertz CT molecular complexity index is 874. The monoisotopic (exact) mass is 422 g/mol. The third kappa shape index (κ3) is 4.91. The average molecular weight is 422 g/mol. The van der Waals surface area contributed by atoms with Gasteiger partial charge in [-0.3, -0.25) is 9.69 Å². The van der Waals surface area contributed by atoms with Crippen molar-refractivity contribution >= 4 is 12.0 Å². The summed E-state index contributed by atoms with van der Waals surface area (Å²) in [5.41, 5.74) is -2.23. The normalized spacial score (nSPS) is 18.0. The Hall–Kier alpha value is -2.65. The third-order valence-corrected chi connectivity index (χ3v) is 5.27. The van der Waals surface area contributed by atoms with Gasteiger partial charge >= 0.3 is 6.18 Å². The Morgan fingerprint density at radius 3 is 2.40 bits per heavy atom. The highest BCUT2D eigenvalue weighted by Gasteiger charge is 2.59. The van der Waals surface area contributed by atoms with Crippen molar-refractivity contribution in [3.8, 4) is 0 Å². The standard InChI is InChI=1S/C21H25F3N4O2/c1-26-11-9-25-19(26)20(30,21(22,23)24)16-18(29)28-14-12-27(13-15-28)10-5-8-17-6-3-2-4-7-17/h2-9,11,30H,10,12-16H2,1H3/b8-5+. The van der Waals surface area contributed by atoms with Crippen molar-refractivity contribution < 1.29 is 23.1 Å². The van der Waals surface area contributed by atoms with Gasteiger partial charge in [-0.25, -0.2) is 4.98 Å². The molecule has 1 aromatic heterocycles. The molecule has 1 amide bonds. The van der Waals surface area contributed by atoms with E-state index in [1.165, 1.54) is 18.1 Å². The molecule has 1 unspecified atom stereocenters. The van der Waals surface area contributed by atoms with Gasteiger partial charge in [0, 0.05) is 52.2 Å². The summed E-state index contributed by atoms with van der Waals surface area (Å²) in [6.45, 7) is 2.42. The Morgan fingerprint density at radius 2 is 1.83 bits per heavy atom. The van der Waals surface area contributed by atoms with E-state index in [4.69, 9.17) is 0 Å². The third-order valence-electron chi connectivity index (χ3n) is 5.27. The van der Waals surface area contributed by atoms with Crippen molar-refractivity contribution in [2.45, 2.75) is 18.2 Å². The average Bonchev–Trinajstić information content (AvgIpc) is 3.15. The van der Waals surface area contributed by atoms with E-state index in [2.05, 4.69) is 9.88 Å². The van der Waals surface area contributed by atoms with E-state index < -0.39 is 29.9 Å². The molecule has 1 aliphatic heterocycles. The van der Waals surface area contributed by atoms with Crippen LogP contribution in [0.15, 0.2) is 48.8 Å². The van der Waals surface area contributed by atoms with E-state index in [0.717, 1.165) is 16.3 Å². The molecule has 1 aliphatic rings. The summed E-state index contributed by atoms with van der Waals surface area (Å²) >= 11 is 0. The summed E-state index contributed by atoms with van der Waals surface area (Å²) in [6.07, 6.45) is 0.391. The van der Waals surface area contributed by atoms with Crippen molar-refractivity contribution in [1.29, 1.82) is 0 Å². The number of piperazine rings is 1. The zero-order valence-corrected chi connectivity index (χ0v) is 16.7. The number of hydrogen-bond acceptors (Lipinski definition) is 4. The molecular weight excluding hydrogens is 397 g/mol. The minimum absolute atomic E-state index is 0.312. The number of aryl methyl sites for hydroxylation is 1. The van der Waals surface area contributed by atoms with Crippen LogP contribution in [0.3, 0.4) is 0 Å². The van der Waals surface area contributed by atoms with Crippen LogP contribution in [-0.4, -0.2) is 69.3 Å². The molecule has 0 saturated carbocycles. The number of alkyl halides is 3. The van der Waals surface area contributed by atoms with E-state index >= 15 is 0 Å². The quantitative estimate of drug-likeness (QED) is 0.777. The maximum absolute atomic E-state index is 13.6. The molecule has 6 nitrogen and oxygen atoms in total. The molecule has 0 spiro atoms. The molecule has 3 rings (SSSR count). The van der Waals surface area contributed by atoms with E-state index in [1.807, 2.05) is 42.5 Å². The van der Waals surface area contributed by atoms with Gasteiger partial charge in [-0.2, -0.15) is 13.2 Å². The van der Waals surface area contributed by atoms with Crippen LogP contribution in [-0.2, 0) is 17.4 Å². The first-order valence-electron chi connectivity index (χ1n) is 9.69. The summed E-state index contributed by atoms with van der Waals surface area (Å²) in [5.74, 6) is -1.33. The minimum Gasteiger partial charge on any atom is -0.374 e. The van der Waals surface area contributed by atoms with Crippen molar-refractivity contribution in [2.75, 3.05) is 32.7 Å². The Morgan fingerprint density at radius 1 is 1.17 bits per heavy atom. The van der Waals surface area contributed by atoms with Crippen LogP contribution >= 0.6 is 0 Å². The number of halogens is 3. The summed E-state index contributed by atoms with van der Waals surface area (Å²) in [4.78, 5) is 19.7. The molecule has 1 aromatic carbocycles. The summed E-state index contributed by atoms with van der Waals surface area (Å²) in [7, 11) is 1.35. The summed E-state index contributed by atoms with van der Waals surface area (Å²) < 4.78 is 42.0. The molecule has 1 N–H and O–H groups in total. The molecule has 1 fully saturated rings. The predicted molar refractivity (Wildman–Crippen MR) is 106 cm³/mol. The van der Waals surface area contributed by atoms with Crippen LogP contribution in [0, 0.1) is 0 Å². The van der Waals surface area contributed by atoms with Crippen LogP contribution in [0.1, 0.15) is 17.8 Å². The molecular formula is C21H25F3N4O2. The molecule has 2 aromatic rings. The topological polar surface area (TPSA) is 61.6 Å². The van der Waals surface area contributed by atoms with Crippen LogP contribution < -0.4 is 0 Å². The van der Waals surface area contributed by atoms with Crippen LogP contribution in [0.4, 0.5) is 13.2 Å². The first-order valence-corrected chi connectivity index (χ1v) is 9.69. The number of imidazole rings is 1. The van der Waals surface area contributed by atoms with Crippen molar-refractivity contribution in [3.63, 3.8) is 0 Å². The SMILES string of the molecule is Cn1ccnc1C(O)(CC(=O)N1CCN(C/C=C/c2ccccc2)CC1)C(F)(F)F. The first kappa shape index (κ1) is 22.0. The maximum Gasteiger partial charge on any atom is 0.425 e. The Labute approximate surface area is 173 Å². The van der Waals surface area contributed by atoms with E-state index in [1.54, 1.807) is 0 Å². The van der Waals surface area contributed by atoms with E-state index in [9.17, 15) is 23.1 Å². The van der Waals surface area contributed by atoms with E-state index in [-0.39, 0.29) is 0 Å².